The van der Waals surface area contributed by atoms with Crippen LogP contribution >= 0.6 is 0 Å². The van der Waals surface area contributed by atoms with Gasteiger partial charge in [-0.05, 0) is 62.4 Å². The monoisotopic (exact) mass is 412 g/mol. The molecule has 0 aliphatic carbocycles. The van der Waals surface area contributed by atoms with Crippen molar-refractivity contribution >= 4 is 11.8 Å². The highest BCUT2D eigenvalue weighted by Crippen LogP contribution is 2.22. The van der Waals surface area contributed by atoms with Gasteiger partial charge in [-0.15, -0.1) is 0 Å². The minimum atomic E-state index is -0.426. The summed E-state index contributed by atoms with van der Waals surface area (Å²) >= 11 is 0. The van der Waals surface area contributed by atoms with Gasteiger partial charge in [0.2, 0.25) is 5.91 Å². The van der Waals surface area contributed by atoms with E-state index in [1.165, 1.54) is 18.2 Å². The average Bonchev–Trinajstić information content (AvgIpc) is 2.73. The fourth-order valence-electron chi connectivity index (χ4n) is 3.75. The predicted molar refractivity (Wildman–Crippen MR) is 114 cm³/mol. The summed E-state index contributed by atoms with van der Waals surface area (Å²) in [6.45, 7) is 5.78. The number of nitrogens with one attached hydrogen (secondary N) is 1. The van der Waals surface area contributed by atoms with Crippen molar-refractivity contribution < 1.29 is 18.7 Å². The van der Waals surface area contributed by atoms with E-state index in [-0.39, 0.29) is 17.9 Å². The Kier molecular flexibility index (Phi) is 7.44. The van der Waals surface area contributed by atoms with E-state index in [1.54, 1.807) is 6.07 Å². The zero-order chi connectivity index (χ0) is 21.5. The number of nitrogens with zero attached hydrogens (tertiary/aromatic N) is 1. The number of aryl methyl sites for hydroxylation is 2. The van der Waals surface area contributed by atoms with Crippen molar-refractivity contribution in [2.75, 3.05) is 19.7 Å². The van der Waals surface area contributed by atoms with Crippen LogP contribution in [0.4, 0.5) is 4.39 Å². The van der Waals surface area contributed by atoms with Crippen LogP contribution in [0.25, 0.3) is 0 Å². The molecule has 0 atom stereocenters. The second kappa shape index (κ2) is 10.2. The molecule has 0 radical (unpaired) electrons. The van der Waals surface area contributed by atoms with Gasteiger partial charge in [-0.2, -0.15) is 0 Å². The third-order valence-corrected chi connectivity index (χ3v) is 5.46. The largest absolute Gasteiger partial charge is 0.493 e. The van der Waals surface area contributed by atoms with Gasteiger partial charge in [0, 0.05) is 31.1 Å². The number of benzene rings is 2. The maximum atomic E-state index is 13.3. The highest BCUT2D eigenvalue weighted by molar-refractivity contribution is 5.94. The Morgan fingerprint density at radius 3 is 2.43 bits per heavy atom. The average molecular weight is 413 g/mol. The predicted octanol–water partition coefficient (Wildman–Crippen LogP) is 4.02. The summed E-state index contributed by atoms with van der Waals surface area (Å²) < 4.78 is 19.1. The minimum absolute atomic E-state index is 0.00261. The van der Waals surface area contributed by atoms with Crippen LogP contribution in [0.1, 0.15) is 47.2 Å². The molecule has 0 saturated carbocycles. The fourth-order valence-corrected chi connectivity index (χ4v) is 3.75. The normalized spacial score (nSPS) is 14.4. The Morgan fingerprint density at radius 2 is 1.77 bits per heavy atom. The van der Waals surface area contributed by atoms with E-state index in [9.17, 15) is 14.0 Å². The molecular formula is C24H29FN2O3. The number of likely N-dealkylation sites (tertiary alicyclic amines) is 1. The lowest BCUT2D eigenvalue weighted by atomic mass is 10.0. The van der Waals surface area contributed by atoms with Gasteiger partial charge in [0.25, 0.3) is 5.91 Å². The third kappa shape index (κ3) is 5.81. The summed E-state index contributed by atoms with van der Waals surface area (Å²) in [6, 6.07) is 11.7. The van der Waals surface area contributed by atoms with E-state index in [1.807, 2.05) is 36.9 Å². The Morgan fingerprint density at radius 1 is 1.10 bits per heavy atom. The number of carbonyl (C=O) groups is 2. The SMILES string of the molecule is Cc1cccc(C)c1OCCCC(=O)N1CCC(NC(=O)c2cccc(F)c2)CC1. The highest BCUT2D eigenvalue weighted by atomic mass is 19.1. The van der Waals surface area contributed by atoms with Crippen LogP contribution in [0, 0.1) is 19.7 Å². The number of carbonyl (C=O) groups excluding carboxylic acids is 2. The molecule has 0 spiro atoms. The molecule has 1 heterocycles. The Labute approximate surface area is 177 Å². The Balaban J connectivity index is 1.37. The maximum Gasteiger partial charge on any atom is 0.251 e. The lowest BCUT2D eigenvalue weighted by Crippen LogP contribution is -2.46. The van der Waals surface area contributed by atoms with Crippen molar-refractivity contribution in [3.63, 3.8) is 0 Å². The van der Waals surface area contributed by atoms with E-state index in [4.69, 9.17) is 4.74 Å². The molecule has 1 saturated heterocycles. The van der Waals surface area contributed by atoms with Gasteiger partial charge in [0.05, 0.1) is 6.61 Å². The summed E-state index contributed by atoms with van der Waals surface area (Å²) in [6.07, 6.45) is 2.52. The molecule has 3 rings (SSSR count). The molecule has 160 valence electrons. The van der Waals surface area contributed by atoms with E-state index < -0.39 is 5.82 Å². The smallest absolute Gasteiger partial charge is 0.251 e. The number of halogens is 1. The van der Waals surface area contributed by atoms with Crippen molar-refractivity contribution in [3.05, 3.63) is 65.0 Å². The molecule has 2 aromatic carbocycles. The molecule has 6 heteroatoms. The first-order chi connectivity index (χ1) is 14.4. The molecular weight excluding hydrogens is 383 g/mol. The molecule has 0 bridgehead atoms. The highest BCUT2D eigenvalue weighted by Gasteiger charge is 2.24. The van der Waals surface area contributed by atoms with Crippen LogP contribution in [-0.2, 0) is 4.79 Å². The maximum absolute atomic E-state index is 13.3. The molecule has 2 amide bonds. The minimum Gasteiger partial charge on any atom is -0.493 e. The van der Waals surface area contributed by atoms with Crippen LogP contribution in [0.5, 0.6) is 5.75 Å². The van der Waals surface area contributed by atoms with Gasteiger partial charge in [0.1, 0.15) is 11.6 Å². The van der Waals surface area contributed by atoms with Crippen molar-refractivity contribution in [2.24, 2.45) is 0 Å². The molecule has 2 aromatic rings. The quantitative estimate of drug-likeness (QED) is 0.699. The number of ether oxygens (including phenoxy) is 1. The second-order valence-corrected chi connectivity index (χ2v) is 7.81. The summed E-state index contributed by atoms with van der Waals surface area (Å²) in [5.41, 5.74) is 2.52. The number of para-hydroxylation sites is 1. The summed E-state index contributed by atoms with van der Waals surface area (Å²) in [5, 5.41) is 2.94. The van der Waals surface area contributed by atoms with Crippen LogP contribution in [0.15, 0.2) is 42.5 Å². The molecule has 1 fully saturated rings. The molecule has 0 unspecified atom stereocenters. The van der Waals surface area contributed by atoms with E-state index in [0.29, 0.717) is 50.9 Å². The number of rotatable bonds is 7. The van der Waals surface area contributed by atoms with Gasteiger partial charge in [-0.1, -0.05) is 24.3 Å². The first-order valence-corrected chi connectivity index (χ1v) is 10.5. The van der Waals surface area contributed by atoms with Crippen molar-refractivity contribution in [2.45, 2.75) is 45.6 Å². The zero-order valence-electron chi connectivity index (χ0n) is 17.6. The van der Waals surface area contributed by atoms with Crippen molar-refractivity contribution in [1.29, 1.82) is 0 Å². The molecule has 1 aliphatic rings. The van der Waals surface area contributed by atoms with Gasteiger partial charge < -0.3 is 15.0 Å². The third-order valence-electron chi connectivity index (χ3n) is 5.46. The topological polar surface area (TPSA) is 58.6 Å². The Hall–Kier alpha value is -2.89. The van der Waals surface area contributed by atoms with Crippen LogP contribution in [0.2, 0.25) is 0 Å². The van der Waals surface area contributed by atoms with E-state index in [0.717, 1.165) is 16.9 Å². The summed E-state index contributed by atoms with van der Waals surface area (Å²) in [5.74, 6) is 0.322. The van der Waals surface area contributed by atoms with Crippen LogP contribution in [-0.4, -0.2) is 42.5 Å². The zero-order valence-corrected chi connectivity index (χ0v) is 17.6. The standard InChI is InChI=1S/C24H29FN2O3/c1-17-6-3-7-18(2)23(17)30-15-5-10-22(28)27-13-11-21(12-14-27)26-24(29)19-8-4-9-20(25)16-19/h3-4,6-9,16,21H,5,10-15H2,1-2H3,(H,26,29). The fraction of sp³-hybridized carbons (Fsp3) is 0.417. The lowest BCUT2D eigenvalue weighted by Gasteiger charge is -2.32. The number of amides is 2. The number of hydrogen-bond donors (Lipinski definition) is 1. The molecule has 1 N–H and O–H groups in total. The number of piperidine rings is 1. The number of hydrogen-bond acceptors (Lipinski definition) is 3. The van der Waals surface area contributed by atoms with Crippen LogP contribution in [0.3, 0.4) is 0 Å². The van der Waals surface area contributed by atoms with E-state index in [2.05, 4.69) is 5.32 Å². The lowest BCUT2D eigenvalue weighted by molar-refractivity contribution is -0.132. The van der Waals surface area contributed by atoms with Gasteiger partial charge in [0.15, 0.2) is 0 Å². The summed E-state index contributed by atoms with van der Waals surface area (Å²) in [7, 11) is 0. The van der Waals surface area contributed by atoms with Crippen molar-refractivity contribution in [3.8, 4) is 5.75 Å². The van der Waals surface area contributed by atoms with E-state index >= 15 is 0 Å². The molecule has 0 aromatic heterocycles. The van der Waals surface area contributed by atoms with Gasteiger partial charge in [-0.3, -0.25) is 9.59 Å². The summed E-state index contributed by atoms with van der Waals surface area (Å²) in [4.78, 5) is 26.6. The van der Waals surface area contributed by atoms with Crippen molar-refractivity contribution in [1.82, 2.24) is 10.2 Å². The van der Waals surface area contributed by atoms with Crippen LogP contribution < -0.4 is 10.1 Å². The first kappa shape index (κ1) is 21.8. The molecule has 1 aliphatic heterocycles. The molecule has 30 heavy (non-hydrogen) atoms. The first-order valence-electron chi connectivity index (χ1n) is 10.5. The second-order valence-electron chi connectivity index (χ2n) is 7.81. The van der Waals surface area contributed by atoms with Gasteiger partial charge in [-0.25, -0.2) is 4.39 Å². The molecule has 5 nitrogen and oxygen atoms in total. The Bertz CT molecular complexity index is 872. The van der Waals surface area contributed by atoms with Gasteiger partial charge >= 0.3 is 0 Å².